The molecule has 1 N–H and O–H groups in total. The fraction of sp³-hybridized carbons (Fsp3) is 0.533. The first kappa shape index (κ1) is 14.2. The Bertz CT molecular complexity index is 458. The van der Waals surface area contributed by atoms with Crippen molar-refractivity contribution < 1.29 is 9.53 Å². The van der Waals surface area contributed by atoms with Gasteiger partial charge in [0.05, 0.1) is 0 Å². The molecule has 0 heterocycles. The molecule has 0 unspecified atom stereocenters. The average Bonchev–Trinajstić information content (AvgIpc) is 2.22. The molecular weight excluding hydrogens is 262 g/mol. The van der Waals surface area contributed by atoms with Crippen molar-refractivity contribution in [3.8, 4) is 0 Å². The molecule has 0 bridgehead atoms. The highest BCUT2D eigenvalue weighted by Crippen LogP contribution is 2.45. The number of hydrogen-bond donors (Lipinski definition) is 1. The number of hydrogen-bond acceptors (Lipinski definition) is 2. The van der Waals surface area contributed by atoms with Crippen molar-refractivity contribution in [3.05, 3.63) is 34.9 Å². The molecule has 0 saturated heterocycles. The van der Waals surface area contributed by atoms with E-state index < -0.39 is 5.60 Å². The van der Waals surface area contributed by atoms with Gasteiger partial charge in [0, 0.05) is 10.6 Å². The minimum absolute atomic E-state index is 0.290. The molecule has 1 aromatic carbocycles. The lowest BCUT2D eigenvalue weighted by Gasteiger charge is -2.42. The first-order valence-corrected chi connectivity index (χ1v) is 6.96. The highest BCUT2D eigenvalue weighted by atomic mass is 35.5. The predicted octanol–water partition coefficient (Wildman–Crippen LogP) is 4.24. The summed E-state index contributed by atoms with van der Waals surface area (Å²) >= 11 is 5.90. The molecule has 0 aliphatic heterocycles. The quantitative estimate of drug-likeness (QED) is 0.880. The van der Waals surface area contributed by atoms with Crippen LogP contribution in [-0.4, -0.2) is 11.6 Å². The molecule has 4 heteroatoms. The number of halogens is 1. The molecule has 1 saturated carbocycles. The Hall–Kier alpha value is -1.22. The van der Waals surface area contributed by atoms with Gasteiger partial charge in [0.25, 0.3) is 0 Å². The number of carbonyl (C=O) groups is 1. The molecule has 1 aromatic rings. The molecule has 104 valence electrons. The van der Waals surface area contributed by atoms with Crippen LogP contribution < -0.4 is 5.32 Å². The van der Waals surface area contributed by atoms with E-state index in [1.54, 1.807) is 0 Å². The van der Waals surface area contributed by atoms with E-state index in [4.69, 9.17) is 16.3 Å². The van der Waals surface area contributed by atoms with Crippen LogP contribution in [0.5, 0.6) is 0 Å². The van der Waals surface area contributed by atoms with Gasteiger partial charge in [0.15, 0.2) is 0 Å². The van der Waals surface area contributed by atoms with Crippen LogP contribution in [0.3, 0.4) is 0 Å². The summed E-state index contributed by atoms with van der Waals surface area (Å²) in [6, 6.07) is 7.54. The molecule has 1 aliphatic rings. The van der Waals surface area contributed by atoms with Crippen molar-refractivity contribution >= 4 is 17.7 Å². The van der Waals surface area contributed by atoms with Gasteiger partial charge in [-0.3, -0.25) is 0 Å². The van der Waals surface area contributed by atoms with Gasteiger partial charge >= 0.3 is 6.09 Å². The molecule has 1 aliphatic carbocycles. The van der Waals surface area contributed by atoms with Crippen LogP contribution in [0.25, 0.3) is 0 Å². The molecule has 0 radical (unpaired) electrons. The summed E-state index contributed by atoms with van der Waals surface area (Å²) in [6.45, 7) is 5.80. The first-order chi connectivity index (χ1) is 8.81. The second-order valence-electron chi connectivity index (χ2n) is 6.12. The number of amides is 1. The molecule has 1 fully saturated rings. The van der Waals surface area contributed by atoms with E-state index in [1.165, 1.54) is 0 Å². The minimum atomic E-state index is -0.472. The zero-order valence-corrected chi connectivity index (χ0v) is 12.4. The smallest absolute Gasteiger partial charge is 0.408 e. The average molecular weight is 282 g/mol. The topological polar surface area (TPSA) is 38.3 Å². The maximum atomic E-state index is 11.9. The summed E-state index contributed by atoms with van der Waals surface area (Å²) in [5.74, 6) is 0. The highest BCUT2D eigenvalue weighted by Gasteiger charge is 2.43. The van der Waals surface area contributed by atoms with Crippen LogP contribution in [0.2, 0.25) is 5.02 Å². The van der Waals surface area contributed by atoms with Crippen molar-refractivity contribution in [1.82, 2.24) is 5.32 Å². The summed E-state index contributed by atoms with van der Waals surface area (Å²) in [6.07, 6.45) is 2.45. The lowest BCUT2D eigenvalue weighted by Crippen LogP contribution is -2.47. The van der Waals surface area contributed by atoms with Gasteiger partial charge in [-0.05, 0) is 57.7 Å². The van der Waals surface area contributed by atoms with E-state index in [-0.39, 0.29) is 11.6 Å². The van der Waals surface area contributed by atoms with E-state index >= 15 is 0 Å². The molecule has 0 aromatic heterocycles. The van der Waals surface area contributed by atoms with Crippen molar-refractivity contribution in [2.45, 2.75) is 51.2 Å². The van der Waals surface area contributed by atoms with Gasteiger partial charge < -0.3 is 10.1 Å². The summed E-state index contributed by atoms with van der Waals surface area (Å²) < 4.78 is 5.68. The third-order valence-electron chi connectivity index (χ3n) is 3.30. The van der Waals surface area contributed by atoms with Crippen LogP contribution in [0.15, 0.2) is 24.3 Å². The van der Waals surface area contributed by atoms with E-state index in [9.17, 15) is 4.79 Å². The van der Waals surface area contributed by atoms with Crippen molar-refractivity contribution in [1.29, 1.82) is 0 Å². The Morgan fingerprint density at radius 1 is 1.26 bits per heavy atom. The zero-order valence-electron chi connectivity index (χ0n) is 11.6. The minimum Gasteiger partial charge on any atom is -0.438 e. The molecule has 19 heavy (non-hydrogen) atoms. The third-order valence-corrected chi connectivity index (χ3v) is 3.55. The maximum absolute atomic E-state index is 11.9. The lowest BCUT2D eigenvalue weighted by atomic mass is 9.75. The maximum Gasteiger partial charge on any atom is 0.408 e. The van der Waals surface area contributed by atoms with Gasteiger partial charge in [-0.1, -0.05) is 23.7 Å². The molecule has 0 atom stereocenters. The van der Waals surface area contributed by atoms with Gasteiger partial charge in [0.2, 0.25) is 0 Å². The van der Waals surface area contributed by atoms with Crippen LogP contribution >= 0.6 is 11.6 Å². The molecular formula is C15H20ClNO2. The number of benzene rings is 1. The number of alkyl carbamates (subject to hydrolysis) is 1. The molecule has 2 rings (SSSR count). The van der Waals surface area contributed by atoms with Gasteiger partial charge in [-0.15, -0.1) is 0 Å². The zero-order chi connectivity index (χ0) is 14.1. The second-order valence-corrected chi connectivity index (χ2v) is 6.56. The second kappa shape index (κ2) is 5.04. The standard InChI is InChI=1S/C15H20ClNO2/c1-14(2,3)17-13(18)19-15(9-4-10-15)11-5-7-12(16)8-6-11/h5-8H,4,9-10H2,1-3H3,(H,17,18). The van der Waals surface area contributed by atoms with Crippen molar-refractivity contribution in [2.75, 3.05) is 0 Å². The summed E-state index contributed by atoms with van der Waals surface area (Å²) in [4.78, 5) is 11.9. The number of nitrogens with one attached hydrogen (secondary N) is 1. The highest BCUT2D eigenvalue weighted by molar-refractivity contribution is 6.30. The Kier molecular flexibility index (Phi) is 3.77. The summed E-state index contributed by atoms with van der Waals surface area (Å²) in [5, 5.41) is 3.53. The molecule has 0 spiro atoms. The Morgan fingerprint density at radius 2 is 1.84 bits per heavy atom. The lowest BCUT2D eigenvalue weighted by molar-refractivity contribution is -0.0549. The number of ether oxygens (including phenoxy) is 1. The Morgan fingerprint density at radius 3 is 2.26 bits per heavy atom. The SMILES string of the molecule is CC(C)(C)NC(=O)OC1(c2ccc(Cl)cc2)CCC1. The van der Waals surface area contributed by atoms with Crippen molar-refractivity contribution in [2.24, 2.45) is 0 Å². The molecule has 3 nitrogen and oxygen atoms in total. The van der Waals surface area contributed by atoms with Crippen LogP contribution in [0.1, 0.15) is 45.6 Å². The predicted molar refractivity (Wildman–Crippen MR) is 76.4 cm³/mol. The largest absolute Gasteiger partial charge is 0.438 e. The van der Waals surface area contributed by atoms with Gasteiger partial charge in [0.1, 0.15) is 5.60 Å². The molecule has 1 amide bonds. The van der Waals surface area contributed by atoms with Crippen molar-refractivity contribution in [3.63, 3.8) is 0 Å². The van der Waals surface area contributed by atoms with E-state index in [1.807, 2.05) is 45.0 Å². The van der Waals surface area contributed by atoms with Crippen LogP contribution in [0.4, 0.5) is 4.79 Å². The third kappa shape index (κ3) is 3.41. The Balaban J connectivity index is 2.11. The van der Waals surface area contributed by atoms with E-state index in [0.717, 1.165) is 24.8 Å². The monoisotopic (exact) mass is 281 g/mol. The summed E-state index contributed by atoms with van der Waals surface area (Å²) in [5.41, 5.74) is 0.259. The fourth-order valence-electron chi connectivity index (χ4n) is 2.21. The number of carbonyl (C=O) groups excluding carboxylic acids is 1. The van der Waals surface area contributed by atoms with Crippen LogP contribution in [-0.2, 0) is 10.3 Å². The first-order valence-electron chi connectivity index (χ1n) is 6.58. The summed E-state index contributed by atoms with van der Waals surface area (Å²) in [7, 11) is 0. The Labute approximate surface area is 119 Å². The van der Waals surface area contributed by atoms with E-state index in [0.29, 0.717) is 5.02 Å². The van der Waals surface area contributed by atoms with Gasteiger partial charge in [-0.25, -0.2) is 4.79 Å². The van der Waals surface area contributed by atoms with Gasteiger partial charge in [-0.2, -0.15) is 0 Å². The van der Waals surface area contributed by atoms with Crippen LogP contribution in [0, 0.1) is 0 Å². The fourth-order valence-corrected chi connectivity index (χ4v) is 2.34. The van der Waals surface area contributed by atoms with E-state index in [2.05, 4.69) is 5.32 Å². The number of rotatable bonds is 2. The normalized spacial score (nSPS) is 17.5.